The van der Waals surface area contributed by atoms with Crippen LogP contribution in [0.15, 0.2) is 91.0 Å². The molecule has 376 valence electrons. The lowest BCUT2D eigenvalue weighted by atomic mass is 9.84. The minimum Gasteiger partial charge on any atom is -0.490 e. The van der Waals surface area contributed by atoms with Gasteiger partial charge in [0.25, 0.3) is 5.91 Å². The first-order valence-corrected chi connectivity index (χ1v) is 26.9. The van der Waals surface area contributed by atoms with Gasteiger partial charge in [-0.25, -0.2) is 14.8 Å². The standard InChI is InChI=1S/C58H62N8O6S/c1-35-41(42-22-24-51(60-54(42)57(70)71)66-32-28-38-10-7-12-43(46(38)34-66)55(68)62-58-59-47-13-3-4-15-50(47)73-58)11-8-14-49(35)72-40-19-16-36(17-20-40)9-5-6-29-65-30-26-37(27-31-65)39-18-21-44-48(33-39)64(2)63-53(44)45-23-25-52(67)61-56(45)69/h3-4,7-8,10-15,18,21-22,24,33,36-37,40,45H,5-6,9,16-17,19-20,23,25-32,34H2,1-2H3,(H,70,71)(H,59,62,68)(H,61,67,69)/t36-,40-,45?. The molecule has 0 radical (unpaired) electrons. The number of benzene rings is 4. The number of nitrogens with one attached hydrogen (secondary N) is 2. The quantitative estimate of drug-likeness (QED) is 0.0699. The Morgan fingerprint density at radius 1 is 0.849 bits per heavy atom. The monoisotopic (exact) mass is 998 g/mol. The number of likely N-dealkylation sites (tertiary alicyclic amines) is 1. The van der Waals surface area contributed by atoms with Gasteiger partial charge < -0.3 is 19.6 Å². The van der Waals surface area contributed by atoms with Gasteiger partial charge in [-0.15, -0.1) is 0 Å². The number of aryl methyl sites for hydroxylation is 1. The zero-order chi connectivity index (χ0) is 50.2. The Kier molecular flexibility index (Phi) is 13.8. The van der Waals surface area contributed by atoms with E-state index in [1.54, 1.807) is 0 Å². The number of piperidine rings is 2. The summed E-state index contributed by atoms with van der Waals surface area (Å²) in [6.45, 7) is 6.40. The van der Waals surface area contributed by atoms with Crippen LogP contribution in [0.5, 0.6) is 5.75 Å². The number of imide groups is 1. The number of pyridine rings is 1. The Bertz CT molecular complexity index is 3210. The van der Waals surface area contributed by atoms with Crippen LogP contribution in [0.1, 0.15) is 131 Å². The van der Waals surface area contributed by atoms with E-state index in [1.165, 1.54) is 36.2 Å². The van der Waals surface area contributed by atoms with Crippen LogP contribution in [0.25, 0.3) is 32.2 Å². The van der Waals surface area contributed by atoms with Crippen LogP contribution >= 0.6 is 11.3 Å². The summed E-state index contributed by atoms with van der Waals surface area (Å²) in [4.78, 5) is 64.9. The number of carboxylic acids is 1. The maximum atomic E-state index is 13.7. The molecule has 4 aliphatic rings. The molecule has 73 heavy (non-hydrogen) atoms. The molecule has 1 saturated carbocycles. The van der Waals surface area contributed by atoms with Crippen LogP contribution in [0.2, 0.25) is 0 Å². The van der Waals surface area contributed by atoms with E-state index in [1.807, 2.05) is 85.4 Å². The van der Waals surface area contributed by atoms with Crippen molar-refractivity contribution in [1.29, 1.82) is 0 Å². The summed E-state index contributed by atoms with van der Waals surface area (Å²) >= 11 is 1.44. The van der Waals surface area contributed by atoms with Crippen molar-refractivity contribution < 1.29 is 29.0 Å². The molecule has 1 atom stereocenters. The second kappa shape index (κ2) is 20.9. The third-order valence-electron chi connectivity index (χ3n) is 16.0. The molecule has 3 aliphatic heterocycles. The Morgan fingerprint density at radius 2 is 1.67 bits per heavy atom. The molecular formula is C58H62N8O6S. The van der Waals surface area contributed by atoms with Crippen LogP contribution < -0.4 is 20.3 Å². The number of hydrogen-bond donors (Lipinski definition) is 3. The average Bonchev–Trinajstić information content (AvgIpc) is 3.97. The number of nitrogens with zero attached hydrogens (tertiary/aromatic N) is 6. The fourth-order valence-electron chi connectivity index (χ4n) is 11.9. The number of ether oxygens (including phenoxy) is 1. The fraction of sp³-hybridized carbons (Fsp3) is 0.397. The Morgan fingerprint density at radius 3 is 2.48 bits per heavy atom. The molecule has 4 aromatic carbocycles. The molecule has 0 bridgehead atoms. The number of aromatic carboxylic acids is 1. The summed E-state index contributed by atoms with van der Waals surface area (Å²) in [5, 5.41) is 22.3. The van der Waals surface area contributed by atoms with E-state index in [9.17, 15) is 24.3 Å². The first-order chi connectivity index (χ1) is 35.5. The molecule has 3 N–H and O–H groups in total. The van der Waals surface area contributed by atoms with Gasteiger partial charge in [0, 0.05) is 43.1 Å². The van der Waals surface area contributed by atoms with Gasteiger partial charge in [0.2, 0.25) is 11.8 Å². The summed E-state index contributed by atoms with van der Waals surface area (Å²) in [5.74, 6) is 0.379. The van der Waals surface area contributed by atoms with E-state index in [0.717, 1.165) is 113 Å². The van der Waals surface area contributed by atoms with Crippen LogP contribution in [-0.2, 0) is 29.6 Å². The summed E-state index contributed by atoms with van der Waals surface area (Å²) in [5.41, 5.74) is 8.77. The summed E-state index contributed by atoms with van der Waals surface area (Å²) in [6.07, 6.45) is 11.9. The number of amides is 3. The van der Waals surface area contributed by atoms with E-state index in [2.05, 4.69) is 49.7 Å². The molecule has 11 rings (SSSR count). The minimum absolute atomic E-state index is 0.0148. The normalized spacial score (nSPS) is 19.8. The maximum absolute atomic E-state index is 13.7. The second-order valence-corrected chi connectivity index (χ2v) is 21.5. The lowest BCUT2D eigenvalue weighted by Crippen LogP contribution is -2.39. The number of carboxylic acid groups (broad SMARTS) is 1. The van der Waals surface area contributed by atoms with Crippen molar-refractivity contribution >= 4 is 67.1 Å². The van der Waals surface area contributed by atoms with Crippen molar-refractivity contribution in [1.82, 2.24) is 30.0 Å². The molecule has 3 fully saturated rings. The number of aromatic nitrogens is 4. The molecule has 1 unspecified atom stereocenters. The number of hydrogen-bond acceptors (Lipinski definition) is 11. The van der Waals surface area contributed by atoms with Crippen molar-refractivity contribution in [2.45, 2.75) is 108 Å². The SMILES string of the molecule is Cc1c(O[C@H]2CC[C@H](CCCCN3CCC(c4ccc5c(C6CCC(=O)NC6=O)nn(C)c5c4)CC3)CC2)cccc1-c1ccc(N2CCc3cccc(C(=O)Nc4nc5ccccc5s4)c3C2)nc1C(=O)O. The number of anilines is 2. The largest absolute Gasteiger partial charge is 0.490 e. The molecule has 2 saturated heterocycles. The van der Waals surface area contributed by atoms with E-state index < -0.39 is 11.9 Å². The number of thiazole rings is 1. The number of carbonyl (C=O) groups is 4. The zero-order valence-electron chi connectivity index (χ0n) is 41.6. The van der Waals surface area contributed by atoms with Gasteiger partial charge in [0.15, 0.2) is 10.8 Å². The van der Waals surface area contributed by atoms with Crippen molar-refractivity contribution in [3.8, 4) is 16.9 Å². The van der Waals surface area contributed by atoms with Gasteiger partial charge in [-0.05, 0) is 166 Å². The highest BCUT2D eigenvalue weighted by Gasteiger charge is 2.33. The summed E-state index contributed by atoms with van der Waals surface area (Å²) in [7, 11) is 1.94. The Balaban J connectivity index is 0.649. The van der Waals surface area contributed by atoms with Crippen molar-refractivity contribution in [2.24, 2.45) is 13.0 Å². The lowest BCUT2D eigenvalue weighted by Gasteiger charge is -2.32. The predicted octanol–water partition coefficient (Wildman–Crippen LogP) is 10.6. The third-order valence-corrected chi connectivity index (χ3v) is 16.9. The molecular weight excluding hydrogens is 937 g/mol. The molecule has 15 heteroatoms. The molecule has 14 nitrogen and oxygen atoms in total. The summed E-state index contributed by atoms with van der Waals surface area (Å²) < 4.78 is 9.58. The number of rotatable bonds is 14. The highest BCUT2D eigenvalue weighted by atomic mass is 32.1. The first kappa shape index (κ1) is 48.3. The predicted molar refractivity (Wildman–Crippen MR) is 285 cm³/mol. The molecule has 0 spiro atoms. The van der Waals surface area contributed by atoms with Crippen molar-refractivity contribution in [3.63, 3.8) is 0 Å². The molecule has 3 aromatic heterocycles. The number of fused-ring (bicyclic) bond motifs is 3. The average molecular weight is 999 g/mol. The Labute approximate surface area is 429 Å². The van der Waals surface area contributed by atoms with Crippen LogP contribution in [0, 0.1) is 12.8 Å². The van der Waals surface area contributed by atoms with Gasteiger partial charge in [0.05, 0.1) is 33.4 Å². The van der Waals surface area contributed by atoms with Gasteiger partial charge in [-0.2, -0.15) is 5.10 Å². The van der Waals surface area contributed by atoms with Crippen LogP contribution in [0.3, 0.4) is 0 Å². The fourth-order valence-corrected chi connectivity index (χ4v) is 12.7. The number of carbonyl (C=O) groups excluding carboxylic acids is 3. The van der Waals surface area contributed by atoms with E-state index in [4.69, 9.17) is 14.8 Å². The van der Waals surface area contributed by atoms with Crippen LogP contribution in [-0.4, -0.2) is 85.7 Å². The molecule has 1 aliphatic carbocycles. The maximum Gasteiger partial charge on any atom is 0.355 e. The van der Waals surface area contributed by atoms with Crippen molar-refractivity contribution in [3.05, 3.63) is 130 Å². The molecule has 7 aromatic rings. The van der Waals surface area contributed by atoms with Crippen molar-refractivity contribution in [2.75, 3.05) is 36.4 Å². The highest BCUT2D eigenvalue weighted by molar-refractivity contribution is 7.22. The topological polar surface area (TPSA) is 172 Å². The molecule has 3 amide bonds. The Hall–Kier alpha value is -6.97. The van der Waals surface area contributed by atoms with E-state index in [0.29, 0.717) is 66.3 Å². The van der Waals surface area contributed by atoms with Gasteiger partial charge in [0.1, 0.15) is 11.6 Å². The zero-order valence-corrected chi connectivity index (χ0v) is 42.4. The highest BCUT2D eigenvalue weighted by Crippen LogP contribution is 2.39. The van der Waals surface area contributed by atoms with E-state index >= 15 is 0 Å². The third kappa shape index (κ3) is 10.2. The van der Waals surface area contributed by atoms with Gasteiger partial charge >= 0.3 is 5.97 Å². The first-order valence-electron chi connectivity index (χ1n) is 26.1. The minimum atomic E-state index is -1.10. The lowest BCUT2D eigenvalue weighted by molar-refractivity contribution is -0.134. The smallest absolute Gasteiger partial charge is 0.355 e. The van der Waals surface area contributed by atoms with Gasteiger partial charge in [-0.3, -0.25) is 29.7 Å². The van der Waals surface area contributed by atoms with E-state index in [-0.39, 0.29) is 29.5 Å². The summed E-state index contributed by atoms with van der Waals surface area (Å²) in [6, 6.07) is 29.8. The number of para-hydroxylation sites is 1. The second-order valence-electron chi connectivity index (χ2n) is 20.5. The van der Waals surface area contributed by atoms with Crippen LogP contribution in [0.4, 0.5) is 10.9 Å². The molecule has 6 heterocycles. The van der Waals surface area contributed by atoms with Gasteiger partial charge in [-0.1, -0.05) is 72.7 Å². The number of unbranched alkanes of at least 4 members (excludes halogenated alkanes) is 1.